The number of methoxy groups -OCH3 is 1. The largest absolute Gasteiger partial charge is 0.493 e. The van der Waals surface area contributed by atoms with Crippen molar-refractivity contribution in [3.63, 3.8) is 0 Å². The molecule has 6 aliphatic rings. The molecule has 3 amide bonds. The van der Waals surface area contributed by atoms with Gasteiger partial charge in [0.2, 0.25) is 5.91 Å². The molecule has 0 bridgehead atoms. The van der Waals surface area contributed by atoms with Crippen molar-refractivity contribution in [2.24, 2.45) is 17.2 Å². The van der Waals surface area contributed by atoms with Crippen LogP contribution < -0.4 is 40.9 Å². The van der Waals surface area contributed by atoms with Crippen LogP contribution in [-0.4, -0.2) is 98.6 Å². The number of benzene rings is 7. The van der Waals surface area contributed by atoms with E-state index in [0.29, 0.717) is 95.9 Å². The number of ether oxygens (including phenoxy) is 5. The fourth-order valence-electron chi connectivity index (χ4n) is 13.7. The Hall–Kier alpha value is -9.33. The van der Waals surface area contributed by atoms with Gasteiger partial charge in [-0.2, -0.15) is 0 Å². The van der Waals surface area contributed by atoms with Crippen LogP contribution in [0.1, 0.15) is 110 Å². The Kier molecular flexibility index (Phi) is 19.4. The Balaban J connectivity index is 0.000000134. The van der Waals surface area contributed by atoms with Crippen LogP contribution in [0, 0.1) is 11.8 Å². The van der Waals surface area contributed by atoms with Crippen LogP contribution in [-0.2, 0) is 71.3 Å². The average Bonchev–Trinajstić information content (AvgIpc) is 1.61. The maximum Gasteiger partial charge on any atom is 0.298 e. The van der Waals surface area contributed by atoms with Gasteiger partial charge in [0.15, 0.2) is 17.3 Å². The monoisotopic (exact) mass is 1230 g/mol. The number of carbonyl (C=O) groups is 3. The first-order chi connectivity index (χ1) is 45.0. The third-order valence-corrected chi connectivity index (χ3v) is 19.4. The summed E-state index contributed by atoms with van der Waals surface area (Å²) in [6.07, 6.45) is 7.40. The van der Waals surface area contributed by atoms with E-state index in [4.69, 9.17) is 45.3 Å². The summed E-state index contributed by atoms with van der Waals surface area (Å²) in [7, 11) is 1.62. The summed E-state index contributed by atoms with van der Waals surface area (Å²) in [4.78, 5) is 44.3. The van der Waals surface area contributed by atoms with Gasteiger partial charge >= 0.3 is 0 Å². The van der Waals surface area contributed by atoms with Crippen molar-refractivity contribution in [2.45, 2.75) is 100 Å². The predicted octanol–water partition coefficient (Wildman–Crippen LogP) is 10.8. The first kappa shape index (κ1) is 62.8. The molecule has 3 fully saturated rings. The lowest BCUT2D eigenvalue weighted by molar-refractivity contribution is -0.132. The van der Waals surface area contributed by atoms with Crippen molar-refractivity contribution in [1.82, 2.24) is 14.7 Å². The predicted molar refractivity (Wildman–Crippen MR) is 355 cm³/mol. The number of nitrogens with zero attached hydrogens (tertiary/aromatic N) is 3. The van der Waals surface area contributed by atoms with Gasteiger partial charge < -0.3 is 60.0 Å². The number of aryl methyl sites for hydroxylation is 2. The van der Waals surface area contributed by atoms with E-state index >= 15 is 0 Å². The van der Waals surface area contributed by atoms with E-state index in [-0.39, 0.29) is 34.0 Å². The number of likely N-dealkylation sites (tertiary alicyclic amines) is 3. The Morgan fingerprint density at radius 1 is 0.478 bits per heavy atom. The molecule has 15 nitrogen and oxygen atoms in total. The summed E-state index contributed by atoms with van der Waals surface area (Å²) in [5.41, 5.74) is 28.7. The fraction of sp³-hybridized carbons (Fsp3) is 0.338. The minimum Gasteiger partial charge on any atom is -0.493 e. The fourth-order valence-corrected chi connectivity index (χ4v) is 13.7. The maximum absolute atomic E-state index is 13.1. The van der Waals surface area contributed by atoms with Gasteiger partial charge in [-0.05, 0) is 133 Å². The average molecular weight is 1240 g/mol. The highest BCUT2D eigenvalue weighted by atomic mass is 16.5. The van der Waals surface area contributed by atoms with Gasteiger partial charge in [-0.25, -0.2) is 0 Å². The van der Waals surface area contributed by atoms with Gasteiger partial charge in [0.05, 0.1) is 33.4 Å². The summed E-state index contributed by atoms with van der Waals surface area (Å²) in [5.74, 6) is 11.2. The molecule has 3 spiro atoms. The molecule has 6 aliphatic heterocycles. The van der Waals surface area contributed by atoms with E-state index in [0.717, 1.165) is 121 Å². The van der Waals surface area contributed by atoms with Gasteiger partial charge in [0.1, 0.15) is 29.6 Å². The lowest BCUT2D eigenvalue weighted by atomic mass is 9.74. The number of hydrogen-bond donors (Lipinski definition) is 3. The van der Waals surface area contributed by atoms with E-state index in [1.807, 2.05) is 160 Å². The molecule has 0 atom stereocenters. The van der Waals surface area contributed by atoms with Gasteiger partial charge in [0.25, 0.3) is 11.8 Å². The Morgan fingerprint density at radius 2 is 0.946 bits per heavy atom. The molecule has 0 radical (unpaired) electrons. The highest BCUT2D eigenvalue weighted by Crippen LogP contribution is 2.49. The van der Waals surface area contributed by atoms with Crippen LogP contribution in [0.2, 0.25) is 0 Å². The molecule has 3 saturated heterocycles. The molecule has 14 rings (SSSR count). The van der Waals surface area contributed by atoms with Crippen LogP contribution in [0.4, 0.5) is 0 Å². The van der Waals surface area contributed by atoms with E-state index in [9.17, 15) is 14.4 Å². The molecule has 8 aromatic rings. The molecule has 0 unspecified atom stereocenters. The summed E-state index contributed by atoms with van der Waals surface area (Å²) in [6.45, 7) is 8.36. The highest BCUT2D eigenvalue weighted by molar-refractivity contribution is 5.94. The number of rotatable bonds is 13. The summed E-state index contributed by atoms with van der Waals surface area (Å²) < 4.78 is 35.3. The molecule has 0 aliphatic carbocycles. The van der Waals surface area contributed by atoms with E-state index in [2.05, 4.69) is 42.2 Å². The van der Waals surface area contributed by atoms with E-state index in [1.165, 1.54) is 22.3 Å². The van der Waals surface area contributed by atoms with Crippen molar-refractivity contribution in [3.8, 4) is 40.6 Å². The number of fused-ring (bicyclic) bond motifs is 6. The normalized spacial score (nSPS) is 16.6. The van der Waals surface area contributed by atoms with Crippen molar-refractivity contribution in [1.29, 1.82) is 0 Å². The van der Waals surface area contributed by atoms with Crippen LogP contribution in [0.15, 0.2) is 180 Å². The smallest absolute Gasteiger partial charge is 0.298 e. The molecular formula is C77H82N6O9. The second-order valence-electron chi connectivity index (χ2n) is 25.1. The zero-order valence-electron chi connectivity index (χ0n) is 52.5. The SMILES string of the molecule is COc1cc(CC(=O)N2CCC3(CC2)COc2ccc(CN)cc23)ccc1OCc1ccccc1.NCc1ccc2c(c1)C1(CCN(C(=O)C#Cc3ccccc3)CC1)CO2.NCc1ccc2c(c1)C1(CCN(C(=O)c3ccc(CCc4ccccc4)o3)CC1)CO2. The summed E-state index contributed by atoms with van der Waals surface area (Å²) in [6, 6.07) is 58.1. The Morgan fingerprint density at radius 3 is 1.45 bits per heavy atom. The van der Waals surface area contributed by atoms with Gasteiger partial charge in [-0.3, -0.25) is 14.4 Å². The molecule has 6 N–H and O–H groups in total. The Bertz CT molecular complexity index is 3930. The quantitative estimate of drug-likeness (QED) is 0.0925. The third-order valence-electron chi connectivity index (χ3n) is 19.4. The van der Waals surface area contributed by atoms with Crippen LogP contribution >= 0.6 is 0 Å². The zero-order valence-corrected chi connectivity index (χ0v) is 52.5. The maximum atomic E-state index is 13.1. The zero-order chi connectivity index (χ0) is 63.5. The third kappa shape index (κ3) is 14.1. The molecule has 0 saturated carbocycles. The summed E-state index contributed by atoms with van der Waals surface area (Å²) in [5, 5.41) is 0. The standard InChI is InChI=1S/C29H32N2O4.C26H28N2O3.C22H22N2O2/c1-33-27-16-22(7-10-26(27)34-19-21-5-3-2-4-6-21)17-28(32)31-13-11-29(12-14-31)20-35-25-9-8-23(18-30)15-24(25)29;27-17-20-7-10-23-22(16-20)26(18-30-23)12-14-28(15-13-26)25(29)24-11-9-21(31-24)8-6-19-4-2-1-3-5-19;23-15-18-6-8-20-19(14-18)22(16-26-20)10-12-24(13-11-22)21(25)9-7-17-4-2-1-3-5-17/h2-10,15-16H,11-14,17-20,30H2,1H3;1-5,7,9-11,16H,6,8,12-15,17-18,27H2;1-6,8,14H,10-13,15-16,23H2. The van der Waals surface area contributed by atoms with E-state index in [1.54, 1.807) is 7.11 Å². The molecule has 92 heavy (non-hydrogen) atoms. The molecule has 474 valence electrons. The molecule has 7 heterocycles. The van der Waals surface area contributed by atoms with Gasteiger partial charge in [-0.15, -0.1) is 0 Å². The number of amides is 3. The second kappa shape index (κ2) is 28.5. The number of furan rings is 1. The minimum atomic E-state index is -0.0986. The van der Waals surface area contributed by atoms with Crippen LogP contribution in [0.5, 0.6) is 28.7 Å². The number of hydrogen-bond acceptors (Lipinski definition) is 12. The van der Waals surface area contributed by atoms with Crippen LogP contribution in [0.25, 0.3) is 0 Å². The molecule has 15 heteroatoms. The highest BCUT2D eigenvalue weighted by Gasteiger charge is 2.47. The number of carbonyl (C=O) groups excluding carboxylic acids is 3. The van der Waals surface area contributed by atoms with E-state index < -0.39 is 0 Å². The molecular weight excluding hydrogens is 1150 g/mol. The topological polar surface area (TPSA) is 198 Å². The first-order valence-corrected chi connectivity index (χ1v) is 32.3. The van der Waals surface area contributed by atoms with Crippen molar-refractivity contribution in [3.05, 3.63) is 243 Å². The number of nitrogens with two attached hydrogens (primary N) is 3. The van der Waals surface area contributed by atoms with Crippen LogP contribution in [0.3, 0.4) is 0 Å². The Labute approximate surface area is 539 Å². The minimum absolute atomic E-state index is 0.00412. The lowest BCUT2D eigenvalue weighted by Gasteiger charge is -2.38. The van der Waals surface area contributed by atoms with Crippen molar-refractivity contribution in [2.75, 3.05) is 66.2 Å². The molecule has 1 aromatic heterocycles. The first-order valence-electron chi connectivity index (χ1n) is 32.3. The molecule has 7 aromatic carbocycles. The number of piperidine rings is 3. The van der Waals surface area contributed by atoms with Gasteiger partial charge in [-0.1, -0.05) is 127 Å². The van der Waals surface area contributed by atoms with Crippen molar-refractivity contribution < 1.29 is 42.5 Å². The van der Waals surface area contributed by atoms with Gasteiger partial charge in [0, 0.05) is 110 Å². The lowest BCUT2D eigenvalue weighted by Crippen LogP contribution is -2.46. The summed E-state index contributed by atoms with van der Waals surface area (Å²) >= 11 is 0. The second-order valence-corrected chi connectivity index (χ2v) is 25.1. The van der Waals surface area contributed by atoms with Crippen molar-refractivity contribution >= 4 is 17.7 Å².